The Balaban J connectivity index is 1.59. The third kappa shape index (κ3) is 5.47. The number of nitro groups is 1. The lowest BCUT2D eigenvalue weighted by Gasteiger charge is -2.25. The SMILES string of the molecule is CC[C@@H](Sc1nc2cc(OC)c(OC)cc2c2nc(-c3ccc([N+](=O)[O-])cc3)nn12)C(=O)NC1CCCCC1. The lowest BCUT2D eigenvalue weighted by molar-refractivity contribution is -0.384. The fraction of sp³-hybridized carbons (Fsp3) is 0.407. The number of amides is 1. The maximum atomic E-state index is 13.2. The first-order valence-electron chi connectivity index (χ1n) is 13.0. The van der Waals surface area contributed by atoms with Gasteiger partial charge >= 0.3 is 0 Å². The summed E-state index contributed by atoms with van der Waals surface area (Å²) in [6.07, 6.45) is 6.12. The fourth-order valence-corrected chi connectivity index (χ4v) is 5.81. The molecule has 0 unspecified atom stereocenters. The van der Waals surface area contributed by atoms with Crippen LogP contribution in [0.15, 0.2) is 41.6 Å². The number of carbonyl (C=O) groups is 1. The van der Waals surface area contributed by atoms with Gasteiger partial charge in [-0.25, -0.2) is 9.97 Å². The summed E-state index contributed by atoms with van der Waals surface area (Å²) in [5.74, 6) is 1.42. The van der Waals surface area contributed by atoms with Gasteiger partial charge in [-0.1, -0.05) is 37.9 Å². The molecule has 2 aromatic carbocycles. The van der Waals surface area contributed by atoms with Crippen LogP contribution in [0.2, 0.25) is 0 Å². The minimum atomic E-state index is -0.448. The number of non-ortho nitro benzene ring substituents is 1. The number of nitrogens with zero attached hydrogens (tertiary/aromatic N) is 5. The van der Waals surface area contributed by atoms with E-state index < -0.39 is 4.92 Å². The van der Waals surface area contributed by atoms with Crippen molar-refractivity contribution in [2.45, 2.75) is 61.9 Å². The van der Waals surface area contributed by atoms with Gasteiger partial charge < -0.3 is 14.8 Å². The molecule has 0 aliphatic heterocycles. The van der Waals surface area contributed by atoms with Crippen LogP contribution >= 0.6 is 11.8 Å². The minimum Gasteiger partial charge on any atom is -0.493 e. The van der Waals surface area contributed by atoms with E-state index in [-0.39, 0.29) is 22.9 Å². The van der Waals surface area contributed by atoms with Gasteiger partial charge in [0.15, 0.2) is 28.1 Å². The predicted octanol–water partition coefficient (Wildman–Crippen LogP) is 5.19. The van der Waals surface area contributed by atoms with Gasteiger partial charge in [0.2, 0.25) is 5.91 Å². The molecule has 5 rings (SSSR count). The van der Waals surface area contributed by atoms with Crippen molar-refractivity contribution in [1.82, 2.24) is 24.9 Å². The van der Waals surface area contributed by atoms with Gasteiger partial charge in [0.25, 0.3) is 5.69 Å². The van der Waals surface area contributed by atoms with Crippen molar-refractivity contribution in [3.63, 3.8) is 0 Å². The van der Waals surface area contributed by atoms with E-state index in [1.54, 1.807) is 43.0 Å². The average molecular weight is 551 g/mol. The first-order valence-corrected chi connectivity index (χ1v) is 13.8. The average Bonchev–Trinajstić information content (AvgIpc) is 3.41. The van der Waals surface area contributed by atoms with Gasteiger partial charge in [0.1, 0.15) is 0 Å². The van der Waals surface area contributed by atoms with Crippen LogP contribution in [0.3, 0.4) is 0 Å². The van der Waals surface area contributed by atoms with Crippen LogP contribution in [-0.2, 0) is 4.79 Å². The third-order valence-corrected chi connectivity index (χ3v) is 8.25. The molecule has 1 N–H and O–H groups in total. The van der Waals surface area contributed by atoms with Crippen LogP contribution in [0, 0.1) is 10.1 Å². The number of thioether (sulfide) groups is 1. The Labute approximate surface area is 229 Å². The molecular weight excluding hydrogens is 520 g/mol. The molecule has 1 saturated carbocycles. The number of carbonyl (C=O) groups excluding carboxylic acids is 1. The summed E-state index contributed by atoms with van der Waals surface area (Å²) in [4.78, 5) is 33.6. The summed E-state index contributed by atoms with van der Waals surface area (Å²) in [5.41, 5.74) is 1.75. The molecule has 1 amide bonds. The van der Waals surface area contributed by atoms with Crippen LogP contribution in [0.25, 0.3) is 27.9 Å². The summed E-state index contributed by atoms with van der Waals surface area (Å²) in [5, 5.41) is 19.9. The molecule has 2 aromatic heterocycles. The molecule has 0 spiro atoms. The lowest BCUT2D eigenvalue weighted by Crippen LogP contribution is -2.41. The first-order chi connectivity index (χ1) is 18.9. The predicted molar refractivity (Wildman–Crippen MR) is 148 cm³/mol. The number of nitrogens with one attached hydrogen (secondary N) is 1. The van der Waals surface area contributed by atoms with Crippen LogP contribution in [0.1, 0.15) is 45.4 Å². The second-order valence-electron chi connectivity index (χ2n) is 9.45. The topological polar surface area (TPSA) is 134 Å². The summed E-state index contributed by atoms with van der Waals surface area (Å²) in [6.45, 7) is 1.98. The molecule has 39 heavy (non-hydrogen) atoms. The summed E-state index contributed by atoms with van der Waals surface area (Å²) >= 11 is 1.34. The van der Waals surface area contributed by atoms with Gasteiger partial charge in [-0.2, -0.15) is 4.52 Å². The monoisotopic (exact) mass is 550 g/mol. The number of rotatable bonds is 9. The summed E-state index contributed by atoms with van der Waals surface area (Å²) in [6, 6.07) is 9.86. The molecule has 1 atom stereocenters. The van der Waals surface area contributed by atoms with Gasteiger partial charge in [-0.05, 0) is 37.5 Å². The number of nitro benzene ring substituents is 1. The van der Waals surface area contributed by atoms with E-state index in [0.29, 0.717) is 51.0 Å². The number of ether oxygens (including phenoxy) is 2. The van der Waals surface area contributed by atoms with Crippen LogP contribution in [0.5, 0.6) is 11.5 Å². The van der Waals surface area contributed by atoms with E-state index in [0.717, 1.165) is 25.7 Å². The van der Waals surface area contributed by atoms with Crippen molar-refractivity contribution in [3.8, 4) is 22.9 Å². The quantitative estimate of drug-likeness (QED) is 0.129. The third-order valence-electron chi connectivity index (χ3n) is 6.95. The molecule has 1 aliphatic carbocycles. The van der Waals surface area contributed by atoms with Crippen LogP contribution in [0.4, 0.5) is 5.69 Å². The Kier molecular flexibility index (Phi) is 7.82. The van der Waals surface area contributed by atoms with Crippen molar-refractivity contribution in [1.29, 1.82) is 0 Å². The van der Waals surface area contributed by atoms with Crippen molar-refractivity contribution in [3.05, 3.63) is 46.5 Å². The fourth-order valence-electron chi connectivity index (χ4n) is 4.83. The molecule has 2 heterocycles. The zero-order chi connectivity index (χ0) is 27.5. The lowest BCUT2D eigenvalue weighted by atomic mass is 9.95. The highest BCUT2D eigenvalue weighted by Gasteiger charge is 2.26. The second-order valence-corrected chi connectivity index (χ2v) is 10.6. The second kappa shape index (κ2) is 11.4. The van der Waals surface area contributed by atoms with E-state index in [9.17, 15) is 14.9 Å². The highest BCUT2D eigenvalue weighted by atomic mass is 32.2. The number of methoxy groups -OCH3 is 2. The Morgan fingerprint density at radius 2 is 1.82 bits per heavy atom. The largest absolute Gasteiger partial charge is 0.493 e. The number of fused-ring (bicyclic) bond motifs is 3. The standard InChI is InChI=1S/C27H30N6O5S/c1-4-23(26(34)28-17-8-6-5-7-9-17)39-27-29-20-15-22(38-3)21(37-2)14-19(20)25-30-24(31-32(25)27)16-10-12-18(13-11-16)33(35)36/h10-15,17,23H,4-9H2,1-3H3,(H,28,34)/t23-/m1/s1. The highest BCUT2D eigenvalue weighted by Crippen LogP contribution is 2.36. The van der Waals surface area contributed by atoms with Gasteiger partial charge in [0, 0.05) is 35.2 Å². The van der Waals surface area contributed by atoms with Gasteiger partial charge in [0.05, 0.1) is 29.9 Å². The number of hydrogen-bond acceptors (Lipinski definition) is 9. The molecule has 4 aromatic rings. The van der Waals surface area contributed by atoms with Crippen molar-refractivity contribution in [2.75, 3.05) is 14.2 Å². The molecule has 11 nitrogen and oxygen atoms in total. The number of aromatic nitrogens is 4. The normalized spacial score (nSPS) is 14.8. The molecule has 0 radical (unpaired) electrons. The van der Waals surface area contributed by atoms with Crippen LogP contribution in [-0.4, -0.2) is 55.9 Å². The Bertz CT molecular complexity index is 1520. The van der Waals surface area contributed by atoms with E-state index in [2.05, 4.69) is 5.32 Å². The highest BCUT2D eigenvalue weighted by molar-refractivity contribution is 8.00. The Morgan fingerprint density at radius 1 is 1.13 bits per heavy atom. The Hall–Kier alpha value is -3.93. The molecular formula is C27H30N6O5S. The van der Waals surface area contributed by atoms with E-state index in [1.807, 2.05) is 6.92 Å². The smallest absolute Gasteiger partial charge is 0.269 e. The first kappa shape index (κ1) is 26.7. The molecule has 1 aliphatic rings. The van der Waals surface area contributed by atoms with Gasteiger partial charge in [-0.3, -0.25) is 14.9 Å². The Morgan fingerprint density at radius 3 is 2.46 bits per heavy atom. The van der Waals surface area contributed by atoms with Crippen molar-refractivity contribution in [2.24, 2.45) is 0 Å². The zero-order valence-corrected chi connectivity index (χ0v) is 22.9. The molecule has 12 heteroatoms. The summed E-state index contributed by atoms with van der Waals surface area (Å²) < 4.78 is 12.6. The molecule has 204 valence electrons. The number of benzene rings is 2. The number of hydrogen-bond donors (Lipinski definition) is 1. The maximum absolute atomic E-state index is 13.2. The minimum absolute atomic E-state index is 0.00698. The van der Waals surface area contributed by atoms with Crippen LogP contribution < -0.4 is 14.8 Å². The molecule has 0 saturated heterocycles. The van der Waals surface area contributed by atoms with E-state index in [1.165, 1.54) is 30.3 Å². The van der Waals surface area contributed by atoms with E-state index in [4.69, 9.17) is 24.5 Å². The van der Waals surface area contributed by atoms with Crippen molar-refractivity contribution >= 4 is 39.9 Å². The zero-order valence-electron chi connectivity index (χ0n) is 22.0. The maximum Gasteiger partial charge on any atom is 0.269 e. The molecule has 0 bridgehead atoms. The summed E-state index contributed by atoms with van der Waals surface area (Å²) in [7, 11) is 3.12. The van der Waals surface area contributed by atoms with Gasteiger partial charge in [-0.15, -0.1) is 5.10 Å². The van der Waals surface area contributed by atoms with E-state index >= 15 is 0 Å². The molecule has 1 fully saturated rings. The van der Waals surface area contributed by atoms with Crippen molar-refractivity contribution < 1.29 is 19.2 Å².